The van der Waals surface area contributed by atoms with Gasteiger partial charge in [0.05, 0.1) is 22.4 Å². The Morgan fingerprint density at radius 1 is 0.310 bits per heavy atom. The van der Waals surface area contributed by atoms with Crippen molar-refractivity contribution in [2.24, 2.45) is 0 Å². The molecule has 0 radical (unpaired) electrons. The Bertz CT molecular complexity index is 3270. The first-order chi connectivity index (χ1) is 28.8. The molecule has 0 saturated carbocycles. The summed E-state index contributed by atoms with van der Waals surface area (Å²) in [6, 6.07) is 83.7. The van der Waals surface area contributed by atoms with Crippen LogP contribution in [0.2, 0.25) is 0 Å². The van der Waals surface area contributed by atoms with Gasteiger partial charge in [0, 0.05) is 33.1 Å². The Hall–Kier alpha value is -7.68. The van der Waals surface area contributed by atoms with Crippen LogP contribution in [0.3, 0.4) is 0 Å². The molecule has 10 aromatic carbocycles. The molecule has 11 aromatic rings. The maximum atomic E-state index is 2.46. The van der Waals surface area contributed by atoms with Gasteiger partial charge in [0.1, 0.15) is 0 Å². The van der Waals surface area contributed by atoms with Gasteiger partial charge in [-0.15, -0.1) is 0 Å². The van der Waals surface area contributed by atoms with Crippen molar-refractivity contribution in [2.45, 2.75) is 0 Å². The number of benzene rings is 10. The van der Waals surface area contributed by atoms with E-state index in [2.05, 4.69) is 240 Å². The monoisotopic (exact) mass is 738 g/mol. The van der Waals surface area contributed by atoms with Gasteiger partial charge in [-0.05, 0) is 98.6 Å². The van der Waals surface area contributed by atoms with Crippen LogP contribution in [0.15, 0.2) is 231 Å². The van der Waals surface area contributed by atoms with Crippen LogP contribution < -0.4 is 4.90 Å². The second kappa shape index (κ2) is 14.1. The van der Waals surface area contributed by atoms with E-state index in [1.54, 1.807) is 0 Å². The van der Waals surface area contributed by atoms with Gasteiger partial charge in [-0.25, -0.2) is 0 Å². The highest BCUT2D eigenvalue weighted by Gasteiger charge is 2.23. The van der Waals surface area contributed by atoms with Crippen molar-refractivity contribution in [1.29, 1.82) is 0 Å². The summed E-state index contributed by atoms with van der Waals surface area (Å²) in [5.74, 6) is 0. The lowest BCUT2D eigenvalue weighted by Crippen LogP contribution is -2.12. The van der Waals surface area contributed by atoms with Crippen LogP contribution in [0.5, 0.6) is 0 Å². The Morgan fingerprint density at radius 2 is 0.914 bits per heavy atom. The van der Waals surface area contributed by atoms with E-state index in [0.29, 0.717) is 0 Å². The van der Waals surface area contributed by atoms with Crippen molar-refractivity contribution in [3.63, 3.8) is 0 Å². The van der Waals surface area contributed by atoms with Gasteiger partial charge >= 0.3 is 0 Å². The van der Waals surface area contributed by atoms with Crippen LogP contribution in [0, 0.1) is 0 Å². The molecule has 0 atom stereocenters. The molecule has 0 N–H and O–H groups in total. The molecule has 58 heavy (non-hydrogen) atoms. The van der Waals surface area contributed by atoms with E-state index >= 15 is 0 Å². The summed E-state index contributed by atoms with van der Waals surface area (Å²) in [4.78, 5) is 2.46. The third-order valence-electron chi connectivity index (χ3n) is 11.6. The van der Waals surface area contributed by atoms with Gasteiger partial charge in [0.25, 0.3) is 0 Å². The molecule has 1 aromatic heterocycles. The first kappa shape index (κ1) is 33.6. The number of para-hydroxylation sites is 3. The van der Waals surface area contributed by atoms with Gasteiger partial charge in [-0.3, -0.25) is 0 Å². The van der Waals surface area contributed by atoms with Crippen molar-refractivity contribution < 1.29 is 0 Å². The maximum Gasteiger partial charge on any atom is 0.0547 e. The van der Waals surface area contributed by atoms with Gasteiger partial charge in [-0.1, -0.05) is 176 Å². The highest BCUT2D eigenvalue weighted by Crippen LogP contribution is 2.48. The second-order valence-corrected chi connectivity index (χ2v) is 14.9. The number of rotatable bonds is 7. The highest BCUT2D eigenvalue weighted by atomic mass is 15.1. The first-order valence-corrected chi connectivity index (χ1v) is 19.9. The van der Waals surface area contributed by atoms with Crippen molar-refractivity contribution >= 4 is 60.4 Å². The lowest BCUT2D eigenvalue weighted by atomic mass is 9.93. The summed E-state index contributed by atoms with van der Waals surface area (Å²) in [6.07, 6.45) is 0. The SMILES string of the molecule is c1ccc(-c2ccc(N(c3ccccc3-c3cccc4c3c3ccccc3n4-c3ccccc3)c3ccc(-c4ccc5ccccc5c4)c4ccccc34)cc2)cc1. The number of hydrogen-bond acceptors (Lipinski definition) is 1. The zero-order chi connectivity index (χ0) is 38.4. The van der Waals surface area contributed by atoms with Crippen molar-refractivity contribution in [2.75, 3.05) is 4.90 Å². The quantitative estimate of drug-likeness (QED) is 0.158. The second-order valence-electron chi connectivity index (χ2n) is 14.9. The minimum atomic E-state index is 1.09. The predicted octanol–water partition coefficient (Wildman–Crippen LogP) is 15.6. The summed E-state index contributed by atoms with van der Waals surface area (Å²) in [5, 5.41) is 7.36. The molecule has 11 rings (SSSR count). The molecular weight excluding hydrogens is 701 g/mol. The van der Waals surface area contributed by atoms with Gasteiger partial charge in [-0.2, -0.15) is 0 Å². The molecule has 0 spiro atoms. The first-order valence-electron chi connectivity index (χ1n) is 19.9. The van der Waals surface area contributed by atoms with Crippen molar-refractivity contribution in [3.8, 4) is 39.1 Å². The molecule has 1 heterocycles. The molecule has 0 aliphatic rings. The van der Waals surface area contributed by atoms with E-state index in [-0.39, 0.29) is 0 Å². The van der Waals surface area contributed by atoms with Crippen LogP contribution in [0.4, 0.5) is 17.1 Å². The molecule has 272 valence electrons. The minimum absolute atomic E-state index is 1.09. The van der Waals surface area contributed by atoms with Crippen LogP contribution in [-0.2, 0) is 0 Å². The average Bonchev–Trinajstić information content (AvgIpc) is 3.65. The molecule has 0 aliphatic carbocycles. The fourth-order valence-electron chi connectivity index (χ4n) is 8.92. The van der Waals surface area contributed by atoms with Crippen LogP contribution in [0.1, 0.15) is 0 Å². The van der Waals surface area contributed by atoms with Crippen LogP contribution in [0.25, 0.3) is 82.4 Å². The van der Waals surface area contributed by atoms with E-state index in [1.807, 2.05) is 0 Å². The minimum Gasteiger partial charge on any atom is -0.309 e. The van der Waals surface area contributed by atoms with Gasteiger partial charge in [0.2, 0.25) is 0 Å². The molecule has 0 amide bonds. The molecule has 0 fully saturated rings. The standard InChI is InChI=1S/C56H38N2/c1-3-16-39(17-4-1)41-32-34-45(35-33-41)57(54-37-36-46(47-22-9-10-23-48(47)54)43-31-30-40-18-7-8-19-42(40)38-43)52-27-13-11-24-49(52)50-26-15-29-55-56(50)51-25-12-14-28-53(51)58(55)44-20-5-2-6-21-44/h1-38H. The topological polar surface area (TPSA) is 8.17 Å². The Balaban J connectivity index is 1.16. The summed E-state index contributed by atoms with van der Waals surface area (Å²) in [6.45, 7) is 0. The fraction of sp³-hybridized carbons (Fsp3) is 0. The highest BCUT2D eigenvalue weighted by molar-refractivity contribution is 6.17. The molecule has 2 nitrogen and oxygen atoms in total. The predicted molar refractivity (Wildman–Crippen MR) is 247 cm³/mol. The van der Waals surface area contributed by atoms with Gasteiger partial charge in [0.15, 0.2) is 0 Å². The number of anilines is 3. The summed E-state index contributed by atoms with van der Waals surface area (Å²) in [5.41, 5.74) is 14.0. The summed E-state index contributed by atoms with van der Waals surface area (Å²) >= 11 is 0. The van der Waals surface area contributed by atoms with Crippen LogP contribution >= 0.6 is 0 Å². The third kappa shape index (κ3) is 5.66. The third-order valence-corrected chi connectivity index (χ3v) is 11.6. The van der Waals surface area contributed by atoms with E-state index in [4.69, 9.17) is 0 Å². The smallest absolute Gasteiger partial charge is 0.0547 e. The maximum absolute atomic E-state index is 2.46. The summed E-state index contributed by atoms with van der Waals surface area (Å²) in [7, 11) is 0. The fourth-order valence-corrected chi connectivity index (χ4v) is 8.92. The van der Waals surface area contributed by atoms with E-state index < -0.39 is 0 Å². The lowest BCUT2D eigenvalue weighted by molar-refractivity contribution is 1.18. The Kier molecular flexibility index (Phi) is 8.19. The van der Waals surface area contributed by atoms with Gasteiger partial charge < -0.3 is 9.47 Å². The molecule has 0 saturated heterocycles. The average molecular weight is 739 g/mol. The van der Waals surface area contributed by atoms with Crippen LogP contribution in [-0.4, -0.2) is 4.57 Å². The molecular formula is C56H38N2. The largest absolute Gasteiger partial charge is 0.309 e. The number of nitrogens with zero attached hydrogens (tertiary/aromatic N) is 2. The molecule has 0 unspecified atom stereocenters. The normalized spacial score (nSPS) is 11.4. The van der Waals surface area contributed by atoms with Crippen molar-refractivity contribution in [3.05, 3.63) is 231 Å². The van der Waals surface area contributed by atoms with E-state index in [1.165, 1.54) is 76.7 Å². The lowest BCUT2D eigenvalue weighted by Gasteiger charge is -2.30. The molecule has 0 bridgehead atoms. The van der Waals surface area contributed by atoms with E-state index in [0.717, 1.165) is 22.7 Å². The number of hydrogen-bond donors (Lipinski definition) is 0. The Labute approximate surface area is 338 Å². The number of aromatic nitrogens is 1. The van der Waals surface area contributed by atoms with Crippen molar-refractivity contribution in [1.82, 2.24) is 4.57 Å². The molecule has 0 aliphatic heterocycles. The number of fused-ring (bicyclic) bond motifs is 5. The summed E-state index contributed by atoms with van der Waals surface area (Å²) < 4.78 is 2.40. The zero-order valence-electron chi connectivity index (χ0n) is 31.8. The zero-order valence-corrected chi connectivity index (χ0v) is 31.8. The molecule has 2 heteroatoms. The van der Waals surface area contributed by atoms with E-state index in [9.17, 15) is 0 Å². The Morgan fingerprint density at radius 3 is 1.74 bits per heavy atom.